The average molecular weight is 374 g/mol. The first-order valence-corrected chi connectivity index (χ1v) is 11.8. The molecular formula is C25H43NO. The van der Waals surface area contributed by atoms with E-state index < -0.39 is 0 Å². The van der Waals surface area contributed by atoms with E-state index in [1.807, 2.05) is 0 Å². The Bertz CT molecular complexity index is 575. The average Bonchev–Trinajstić information content (AvgIpc) is 2.96. The van der Waals surface area contributed by atoms with Crippen LogP contribution in [0.25, 0.3) is 0 Å². The summed E-state index contributed by atoms with van der Waals surface area (Å²) in [6, 6.07) is 0. The molecule has 8 atom stereocenters. The van der Waals surface area contributed by atoms with E-state index in [1.165, 1.54) is 44.9 Å². The second-order valence-electron chi connectivity index (χ2n) is 11.7. The number of allylic oxidation sites excluding steroid dienone is 1. The van der Waals surface area contributed by atoms with Gasteiger partial charge < -0.3 is 10.8 Å². The van der Waals surface area contributed by atoms with Gasteiger partial charge in [0.25, 0.3) is 0 Å². The molecule has 0 spiro atoms. The summed E-state index contributed by atoms with van der Waals surface area (Å²) >= 11 is 0. The summed E-state index contributed by atoms with van der Waals surface area (Å²) in [5.41, 5.74) is 8.43. The van der Waals surface area contributed by atoms with Crippen LogP contribution in [-0.2, 0) is 0 Å². The fourth-order valence-electron chi connectivity index (χ4n) is 8.03. The fraction of sp³-hybridized carbons (Fsp3) is 0.920. The van der Waals surface area contributed by atoms with Crippen LogP contribution in [0, 0.1) is 40.9 Å². The Morgan fingerprint density at radius 2 is 1.96 bits per heavy atom. The van der Waals surface area contributed by atoms with Crippen molar-refractivity contribution in [3.05, 3.63) is 11.6 Å². The highest BCUT2D eigenvalue weighted by molar-refractivity contribution is 5.20. The maximum absolute atomic E-state index is 10.1. The number of hydrogen-bond acceptors (Lipinski definition) is 2. The summed E-state index contributed by atoms with van der Waals surface area (Å²) in [6.45, 7) is 9.52. The molecule has 27 heavy (non-hydrogen) atoms. The van der Waals surface area contributed by atoms with E-state index in [9.17, 15) is 5.11 Å². The molecule has 3 saturated carbocycles. The van der Waals surface area contributed by atoms with E-state index in [0.717, 1.165) is 54.8 Å². The van der Waals surface area contributed by atoms with Gasteiger partial charge in [0.1, 0.15) is 0 Å². The molecule has 0 amide bonds. The summed E-state index contributed by atoms with van der Waals surface area (Å²) in [5, 5.41) is 10.1. The monoisotopic (exact) mass is 373 g/mol. The van der Waals surface area contributed by atoms with Crippen LogP contribution < -0.4 is 5.73 Å². The van der Waals surface area contributed by atoms with Gasteiger partial charge in [0.05, 0.1) is 6.10 Å². The number of aliphatic hydroxyl groups is 1. The zero-order chi connectivity index (χ0) is 19.4. The molecule has 4 aliphatic rings. The third kappa shape index (κ3) is 3.66. The number of rotatable bonds is 4. The molecule has 0 bridgehead atoms. The van der Waals surface area contributed by atoms with E-state index in [2.05, 4.69) is 33.8 Å². The Kier molecular flexibility index (Phi) is 5.30. The topological polar surface area (TPSA) is 46.2 Å². The molecule has 3 fully saturated rings. The smallest absolute Gasteiger partial charge is 0.0577 e. The van der Waals surface area contributed by atoms with E-state index in [0.29, 0.717) is 5.41 Å². The Morgan fingerprint density at radius 1 is 1.19 bits per heavy atom. The lowest BCUT2D eigenvalue weighted by molar-refractivity contribution is -0.0297. The van der Waals surface area contributed by atoms with E-state index in [1.54, 1.807) is 5.57 Å². The van der Waals surface area contributed by atoms with Gasteiger partial charge in [0.2, 0.25) is 0 Å². The van der Waals surface area contributed by atoms with Crippen LogP contribution in [0.2, 0.25) is 0 Å². The van der Waals surface area contributed by atoms with Gasteiger partial charge in [0.15, 0.2) is 0 Å². The quantitative estimate of drug-likeness (QED) is 0.622. The maximum Gasteiger partial charge on any atom is 0.0577 e. The lowest BCUT2D eigenvalue weighted by atomic mass is 9.51. The normalized spacial score (nSPS) is 45.5. The second-order valence-corrected chi connectivity index (χ2v) is 11.7. The molecule has 0 aromatic carbocycles. The zero-order valence-corrected chi connectivity index (χ0v) is 18.2. The van der Waals surface area contributed by atoms with Gasteiger partial charge in [-0.3, -0.25) is 0 Å². The van der Waals surface area contributed by atoms with Crippen molar-refractivity contribution in [1.82, 2.24) is 0 Å². The largest absolute Gasteiger partial charge is 0.393 e. The third-order valence-corrected chi connectivity index (χ3v) is 9.42. The SMILES string of the molecule is CC(CCC(C)(C)N)[C@H]1CCC2C3CC=C4C[C@@H](O)CC[C@@H]4C3CC[C@@]21C. The van der Waals surface area contributed by atoms with Crippen molar-refractivity contribution in [3.63, 3.8) is 0 Å². The first-order valence-electron chi connectivity index (χ1n) is 11.8. The van der Waals surface area contributed by atoms with Crippen molar-refractivity contribution in [1.29, 1.82) is 0 Å². The van der Waals surface area contributed by atoms with Gasteiger partial charge in [-0.05, 0) is 119 Å². The van der Waals surface area contributed by atoms with Gasteiger partial charge >= 0.3 is 0 Å². The minimum atomic E-state index is -0.0681. The molecule has 2 heteroatoms. The Morgan fingerprint density at radius 3 is 2.70 bits per heavy atom. The highest BCUT2D eigenvalue weighted by Crippen LogP contribution is 2.64. The van der Waals surface area contributed by atoms with Gasteiger partial charge in [-0.1, -0.05) is 25.5 Å². The molecular weight excluding hydrogens is 330 g/mol. The van der Waals surface area contributed by atoms with Gasteiger partial charge in [0, 0.05) is 5.54 Å². The van der Waals surface area contributed by atoms with Crippen LogP contribution in [-0.4, -0.2) is 16.7 Å². The molecule has 3 N–H and O–H groups in total. The Labute approximate surface area is 167 Å². The van der Waals surface area contributed by atoms with Gasteiger partial charge in [-0.2, -0.15) is 0 Å². The molecule has 4 aliphatic carbocycles. The van der Waals surface area contributed by atoms with Crippen LogP contribution in [0.1, 0.15) is 91.9 Å². The number of hydrogen-bond donors (Lipinski definition) is 2. The molecule has 0 saturated heterocycles. The van der Waals surface area contributed by atoms with Crippen molar-refractivity contribution < 1.29 is 5.11 Å². The van der Waals surface area contributed by atoms with Crippen LogP contribution >= 0.6 is 0 Å². The molecule has 0 aromatic rings. The number of fused-ring (bicyclic) bond motifs is 5. The Hall–Kier alpha value is -0.340. The predicted molar refractivity (Wildman–Crippen MR) is 113 cm³/mol. The third-order valence-electron chi connectivity index (χ3n) is 9.42. The predicted octanol–water partition coefficient (Wildman–Crippen LogP) is 5.69. The highest BCUT2D eigenvalue weighted by atomic mass is 16.3. The molecule has 0 aromatic heterocycles. The highest BCUT2D eigenvalue weighted by Gasteiger charge is 2.56. The minimum Gasteiger partial charge on any atom is -0.393 e. The van der Waals surface area contributed by atoms with Crippen LogP contribution in [0.4, 0.5) is 0 Å². The van der Waals surface area contributed by atoms with Crippen LogP contribution in [0.5, 0.6) is 0 Å². The molecule has 4 rings (SSSR count). The standard InChI is InChI=1S/C25H43NO/c1-16(11-13-24(2,3)26)22-9-10-23-21-7-5-17-15-18(27)6-8-19(17)20(21)12-14-25(22,23)4/h5,16,18-23,27H,6-15,26H2,1-4H3/t16?,18-,19-,20?,21?,22+,23?,25+/m0/s1. The number of nitrogens with two attached hydrogens (primary N) is 1. The molecule has 0 heterocycles. The molecule has 2 nitrogen and oxygen atoms in total. The molecule has 154 valence electrons. The maximum atomic E-state index is 10.1. The van der Waals surface area contributed by atoms with Gasteiger partial charge in [-0.25, -0.2) is 0 Å². The van der Waals surface area contributed by atoms with E-state index in [4.69, 9.17) is 5.73 Å². The first-order chi connectivity index (χ1) is 12.7. The van der Waals surface area contributed by atoms with Crippen molar-refractivity contribution in [2.24, 2.45) is 46.7 Å². The lowest BCUT2D eigenvalue weighted by Gasteiger charge is -2.54. The summed E-state index contributed by atoms with van der Waals surface area (Å²) < 4.78 is 0. The van der Waals surface area contributed by atoms with Gasteiger partial charge in [-0.15, -0.1) is 0 Å². The van der Waals surface area contributed by atoms with Crippen molar-refractivity contribution in [2.45, 2.75) is 104 Å². The zero-order valence-electron chi connectivity index (χ0n) is 18.2. The summed E-state index contributed by atoms with van der Waals surface area (Å²) in [5.74, 6) is 5.25. The molecule has 4 unspecified atom stereocenters. The van der Waals surface area contributed by atoms with Crippen LogP contribution in [0.15, 0.2) is 11.6 Å². The van der Waals surface area contributed by atoms with Crippen molar-refractivity contribution in [2.75, 3.05) is 0 Å². The Balaban J connectivity index is 1.48. The molecule has 0 radical (unpaired) electrons. The molecule has 0 aliphatic heterocycles. The fourth-order valence-corrected chi connectivity index (χ4v) is 8.03. The minimum absolute atomic E-state index is 0.0268. The van der Waals surface area contributed by atoms with E-state index in [-0.39, 0.29) is 11.6 Å². The van der Waals surface area contributed by atoms with Crippen molar-refractivity contribution >= 4 is 0 Å². The van der Waals surface area contributed by atoms with Crippen molar-refractivity contribution in [3.8, 4) is 0 Å². The summed E-state index contributed by atoms with van der Waals surface area (Å²) in [4.78, 5) is 0. The van der Waals surface area contributed by atoms with Crippen LogP contribution in [0.3, 0.4) is 0 Å². The summed E-state index contributed by atoms with van der Waals surface area (Å²) in [6.07, 6.45) is 15.2. The summed E-state index contributed by atoms with van der Waals surface area (Å²) in [7, 11) is 0. The number of aliphatic hydroxyl groups excluding tert-OH is 1. The van der Waals surface area contributed by atoms with E-state index >= 15 is 0 Å². The lowest BCUT2D eigenvalue weighted by Crippen LogP contribution is -2.47. The second kappa shape index (κ2) is 7.17. The first kappa shape index (κ1) is 20.0.